The second-order valence-electron chi connectivity index (χ2n) is 3.50. The summed E-state index contributed by atoms with van der Waals surface area (Å²) in [6.07, 6.45) is 1.59. The molecule has 0 bridgehead atoms. The third kappa shape index (κ3) is 2.22. The molecule has 0 aliphatic carbocycles. The molecule has 0 radical (unpaired) electrons. The molecular formula is C10H15N3O. The highest BCUT2D eigenvalue weighted by atomic mass is 16.2. The van der Waals surface area contributed by atoms with Gasteiger partial charge in [-0.25, -0.2) is 4.98 Å². The number of carbonyl (C=O) groups is 1. The SMILES string of the molecule is CN(C)C(=O)c1ccc(N(C)C)nc1. The van der Waals surface area contributed by atoms with Gasteiger partial charge < -0.3 is 9.80 Å². The van der Waals surface area contributed by atoms with E-state index < -0.39 is 0 Å². The van der Waals surface area contributed by atoms with Gasteiger partial charge in [-0.2, -0.15) is 0 Å². The number of hydrogen-bond acceptors (Lipinski definition) is 3. The molecule has 0 saturated carbocycles. The molecule has 4 heteroatoms. The van der Waals surface area contributed by atoms with Crippen molar-refractivity contribution in [2.24, 2.45) is 0 Å². The molecular weight excluding hydrogens is 178 g/mol. The lowest BCUT2D eigenvalue weighted by Crippen LogP contribution is -2.22. The molecule has 0 N–H and O–H groups in total. The molecule has 76 valence electrons. The predicted molar refractivity (Wildman–Crippen MR) is 56.6 cm³/mol. The molecule has 1 amide bonds. The smallest absolute Gasteiger partial charge is 0.254 e. The zero-order chi connectivity index (χ0) is 10.7. The fraction of sp³-hybridized carbons (Fsp3) is 0.400. The normalized spacial score (nSPS) is 9.71. The van der Waals surface area contributed by atoms with E-state index in [9.17, 15) is 4.79 Å². The van der Waals surface area contributed by atoms with Crippen LogP contribution in [0, 0.1) is 0 Å². The first-order chi connectivity index (χ1) is 6.52. The molecule has 0 aliphatic heterocycles. The van der Waals surface area contributed by atoms with Crippen molar-refractivity contribution in [3.8, 4) is 0 Å². The molecule has 0 aliphatic rings. The molecule has 1 heterocycles. The molecule has 0 fully saturated rings. The second kappa shape index (κ2) is 4.09. The molecule has 0 aromatic carbocycles. The van der Waals surface area contributed by atoms with Crippen LogP contribution < -0.4 is 4.90 Å². The van der Waals surface area contributed by atoms with E-state index in [1.807, 2.05) is 25.1 Å². The van der Waals surface area contributed by atoms with Crippen LogP contribution in [0.3, 0.4) is 0 Å². The number of amides is 1. The minimum atomic E-state index is -0.0252. The summed E-state index contributed by atoms with van der Waals surface area (Å²) in [4.78, 5) is 19.1. The summed E-state index contributed by atoms with van der Waals surface area (Å²) in [6.45, 7) is 0. The number of carbonyl (C=O) groups excluding carboxylic acids is 1. The van der Waals surface area contributed by atoms with Crippen molar-refractivity contribution in [3.63, 3.8) is 0 Å². The summed E-state index contributed by atoms with van der Waals surface area (Å²) in [5.41, 5.74) is 0.612. The Morgan fingerprint density at radius 2 is 1.86 bits per heavy atom. The van der Waals surface area contributed by atoms with Crippen LogP contribution in [0.1, 0.15) is 10.4 Å². The zero-order valence-electron chi connectivity index (χ0n) is 8.98. The molecule has 0 saturated heterocycles. The van der Waals surface area contributed by atoms with Gasteiger partial charge >= 0.3 is 0 Å². The molecule has 1 aromatic rings. The lowest BCUT2D eigenvalue weighted by atomic mass is 10.2. The van der Waals surface area contributed by atoms with E-state index in [0.717, 1.165) is 5.82 Å². The molecule has 0 unspecified atom stereocenters. The van der Waals surface area contributed by atoms with E-state index in [1.165, 1.54) is 4.90 Å². The zero-order valence-corrected chi connectivity index (χ0v) is 8.98. The molecule has 4 nitrogen and oxygen atoms in total. The Bertz CT molecular complexity index is 317. The quantitative estimate of drug-likeness (QED) is 0.698. The van der Waals surface area contributed by atoms with Gasteiger partial charge in [-0.05, 0) is 12.1 Å². The fourth-order valence-electron chi connectivity index (χ4n) is 1.04. The van der Waals surface area contributed by atoms with Gasteiger partial charge in [0.2, 0.25) is 0 Å². The van der Waals surface area contributed by atoms with Crippen molar-refractivity contribution in [1.82, 2.24) is 9.88 Å². The Morgan fingerprint density at radius 1 is 1.21 bits per heavy atom. The lowest BCUT2D eigenvalue weighted by Gasteiger charge is -2.13. The number of nitrogens with zero attached hydrogens (tertiary/aromatic N) is 3. The van der Waals surface area contributed by atoms with Gasteiger partial charge in [-0.15, -0.1) is 0 Å². The van der Waals surface area contributed by atoms with Crippen LogP contribution in [0.4, 0.5) is 5.82 Å². The largest absolute Gasteiger partial charge is 0.363 e. The number of hydrogen-bond donors (Lipinski definition) is 0. The lowest BCUT2D eigenvalue weighted by molar-refractivity contribution is 0.0827. The van der Waals surface area contributed by atoms with E-state index in [2.05, 4.69) is 4.98 Å². The topological polar surface area (TPSA) is 36.4 Å². The van der Waals surface area contributed by atoms with E-state index in [4.69, 9.17) is 0 Å². The molecule has 1 aromatic heterocycles. The van der Waals surface area contributed by atoms with Crippen LogP contribution in [0.15, 0.2) is 18.3 Å². The van der Waals surface area contributed by atoms with Crippen molar-refractivity contribution in [2.45, 2.75) is 0 Å². The highest BCUT2D eigenvalue weighted by molar-refractivity contribution is 5.93. The van der Waals surface area contributed by atoms with E-state index in [1.54, 1.807) is 26.4 Å². The first kappa shape index (κ1) is 10.5. The number of rotatable bonds is 2. The number of pyridine rings is 1. The number of anilines is 1. The van der Waals surface area contributed by atoms with Gasteiger partial charge in [0.05, 0.1) is 5.56 Å². The van der Waals surface area contributed by atoms with E-state index in [-0.39, 0.29) is 5.91 Å². The first-order valence-corrected chi connectivity index (χ1v) is 4.37. The standard InChI is InChI=1S/C10H15N3O/c1-12(2)9-6-5-8(7-11-9)10(14)13(3)4/h5-7H,1-4H3. The van der Waals surface area contributed by atoms with Gasteiger partial charge in [-0.3, -0.25) is 4.79 Å². The van der Waals surface area contributed by atoms with Crippen molar-refractivity contribution >= 4 is 11.7 Å². The third-order valence-electron chi connectivity index (χ3n) is 1.86. The summed E-state index contributed by atoms with van der Waals surface area (Å²) in [5, 5.41) is 0. The maximum Gasteiger partial charge on any atom is 0.254 e. The van der Waals surface area contributed by atoms with Gasteiger partial charge in [0.25, 0.3) is 5.91 Å². The Kier molecular flexibility index (Phi) is 3.06. The molecule has 14 heavy (non-hydrogen) atoms. The van der Waals surface area contributed by atoms with Crippen molar-refractivity contribution in [1.29, 1.82) is 0 Å². The summed E-state index contributed by atoms with van der Waals surface area (Å²) in [5.74, 6) is 0.822. The minimum Gasteiger partial charge on any atom is -0.363 e. The minimum absolute atomic E-state index is 0.0252. The van der Waals surface area contributed by atoms with Crippen LogP contribution in [-0.2, 0) is 0 Å². The van der Waals surface area contributed by atoms with Crippen LogP contribution in [0.5, 0.6) is 0 Å². The first-order valence-electron chi connectivity index (χ1n) is 4.37. The highest BCUT2D eigenvalue weighted by Crippen LogP contribution is 2.08. The van der Waals surface area contributed by atoms with Crippen molar-refractivity contribution in [2.75, 3.05) is 33.1 Å². The van der Waals surface area contributed by atoms with Crippen LogP contribution in [-0.4, -0.2) is 44.0 Å². The van der Waals surface area contributed by atoms with Gasteiger partial charge in [-0.1, -0.05) is 0 Å². The summed E-state index contributed by atoms with van der Waals surface area (Å²) < 4.78 is 0. The Morgan fingerprint density at radius 3 is 2.21 bits per heavy atom. The monoisotopic (exact) mass is 193 g/mol. The summed E-state index contributed by atoms with van der Waals surface area (Å²) in [6, 6.07) is 3.61. The maximum absolute atomic E-state index is 11.5. The average molecular weight is 193 g/mol. The Balaban J connectivity index is 2.89. The van der Waals surface area contributed by atoms with Crippen LogP contribution in [0.25, 0.3) is 0 Å². The van der Waals surface area contributed by atoms with Gasteiger partial charge in [0.1, 0.15) is 5.82 Å². The van der Waals surface area contributed by atoms with Crippen molar-refractivity contribution < 1.29 is 4.79 Å². The van der Waals surface area contributed by atoms with E-state index in [0.29, 0.717) is 5.56 Å². The van der Waals surface area contributed by atoms with E-state index >= 15 is 0 Å². The van der Waals surface area contributed by atoms with Crippen molar-refractivity contribution in [3.05, 3.63) is 23.9 Å². The molecule has 1 rings (SSSR count). The predicted octanol–water partition coefficient (Wildman–Crippen LogP) is 0.849. The van der Waals surface area contributed by atoms with Gasteiger partial charge in [0.15, 0.2) is 0 Å². The second-order valence-corrected chi connectivity index (χ2v) is 3.50. The Labute approximate surface area is 84.2 Å². The maximum atomic E-state index is 11.5. The Hall–Kier alpha value is -1.58. The fourth-order valence-corrected chi connectivity index (χ4v) is 1.04. The third-order valence-corrected chi connectivity index (χ3v) is 1.86. The summed E-state index contributed by atoms with van der Waals surface area (Å²) in [7, 11) is 7.27. The van der Waals surface area contributed by atoms with Crippen LogP contribution >= 0.6 is 0 Å². The molecule has 0 atom stereocenters. The highest BCUT2D eigenvalue weighted by Gasteiger charge is 2.07. The number of aromatic nitrogens is 1. The molecule has 0 spiro atoms. The van der Waals surface area contributed by atoms with Gasteiger partial charge in [0, 0.05) is 34.4 Å². The van der Waals surface area contributed by atoms with Crippen LogP contribution in [0.2, 0.25) is 0 Å². The average Bonchev–Trinajstić information content (AvgIpc) is 2.16. The summed E-state index contributed by atoms with van der Waals surface area (Å²) >= 11 is 0.